The molecule has 1 N–H and O–H groups in total. The Morgan fingerprint density at radius 1 is 1.42 bits per heavy atom. The molecule has 1 heterocycles. The molecule has 1 aromatic rings. The zero-order valence-electron chi connectivity index (χ0n) is 11.1. The van der Waals surface area contributed by atoms with E-state index in [0.29, 0.717) is 5.69 Å². The predicted octanol–water partition coefficient (Wildman–Crippen LogP) is 2.83. The van der Waals surface area contributed by atoms with Crippen LogP contribution in [0.3, 0.4) is 0 Å². The molecule has 19 heavy (non-hydrogen) atoms. The Bertz CT molecular complexity index is 485. The first-order chi connectivity index (χ1) is 8.97. The van der Waals surface area contributed by atoms with E-state index < -0.39 is 4.92 Å². The van der Waals surface area contributed by atoms with E-state index in [0.717, 1.165) is 25.9 Å². The second kappa shape index (κ2) is 5.35. The number of benzene rings is 1. The lowest BCUT2D eigenvalue weighted by molar-refractivity contribution is -0.384. The third kappa shape index (κ3) is 2.82. The molecule has 104 valence electrons. The molecule has 0 aliphatic carbocycles. The average molecular weight is 284 g/mol. The smallest absolute Gasteiger partial charge is 0.310 e. The fourth-order valence-corrected chi connectivity index (χ4v) is 2.67. The third-order valence-electron chi connectivity index (χ3n) is 3.96. The molecule has 0 spiro atoms. The number of nitro groups is 1. The Labute approximate surface area is 117 Å². The first-order valence-corrected chi connectivity index (χ1v) is 6.71. The van der Waals surface area contributed by atoms with Crippen molar-refractivity contribution < 1.29 is 4.92 Å². The van der Waals surface area contributed by atoms with E-state index in [2.05, 4.69) is 12.2 Å². The summed E-state index contributed by atoms with van der Waals surface area (Å²) < 4.78 is 0. The van der Waals surface area contributed by atoms with Gasteiger partial charge in [0.15, 0.2) is 0 Å². The van der Waals surface area contributed by atoms with E-state index >= 15 is 0 Å². The fourth-order valence-electron chi connectivity index (χ4n) is 2.43. The van der Waals surface area contributed by atoms with Gasteiger partial charge in [-0.15, -0.1) is 0 Å². The molecule has 6 heteroatoms. The predicted molar refractivity (Wildman–Crippen MR) is 77.0 cm³/mol. The summed E-state index contributed by atoms with van der Waals surface area (Å²) in [7, 11) is 1.96. The van der Waals surface area contributed by atoms with Gasteiger partial charge in [0, 0.05) is 18.6 Å². The number of nitrogens with one attached hydrogen (secondary N) is 1. The van der Waals surface area contributed by atoms with Crippen molar-refractivity contribution in [1.29, 1.82) is 0 Å². The highest BCUT2D eigenvalue weighted by Gasteiger charge is 2.31. The van der Waals surface area contributed by atoms with Gasteiger partial charge >= 0.3 is 5.69 Å². The lowest BCUT2D eigenvalue weighted by Gasteiger charge is -2.40. The lowest BCUT2D eigenvalue weighted by atomic mass is 9.89. The molecule has 1 saturated heterocycles. The zero-order chi connectivity index (χ0) is 14.0. The molecular weight excluding hydrogens is 266 g/mol. The number of hydrogen-bond acceptors (Lipinski definition) is 4. The fraction of sp³-hybridized carbons (Fsp3) is 0.538. The minimum absolute atomic E-state index is 0.0113. The largest absolute Gasteiger partial charge is 0.366 e. The van der Waals surface area contributed by atoms with Crippen LogP contribution >= 0.6 is 11.6 Å². The van der Waals surface area contributed by atoms with Crippen molar-refractivity contribution >= 4 is 23.0 Å². The Morgan fingerprint density at radius 2 is 2.05 bits per heavy atom. The summed E-state index contributed by atoms with van der Waals surface area (Å²) in [6.07, 6.45) is 1.90. The molecule has 0 amide bonds. The SMILES string of the molecule is CNC1(C)CCN(c2cccc(Cl)c2[N+](=O)[O-])CC1. The quantitative estimate of drug-likeness (QED) is 0.684. The standard InChI is InChI=1S/C13H18ClN3O2/c1-13(15-2)6-8-16(9-7-13)11-5-3-4-10(14)12(11)17(18)19/h3-5,15H,6-9H2,1-2H3. The molecule has 1 fully saturated rings. The normalized spacial score (nSPS) is 18.4. The van der Waals surface area contributed by atoms with Crippen molar-refractivity contribution in [3.63, 3.8) is 0 Å². The molecule has 0 aromatic heterocycles. The van der Waals surface area contributed by atoms with Crippen molar-refractivity contribution in [2.24, 2.45) is 0 Å². The molecule has 1 aromatic carbocycles. The Morgan fingerprint density at radius 3 is 2.58 bits per heavy atom. The molecule has 5 nitrogen and oxygen atoms in total. The maximum Gasteiger partial charge on any atom is 0.310 e. The van der Waals surface area contributed by atoms with Crippen LogP contribution in [0.15, 0.2) is 18.2 Å². The third-order valence-corrected chi connectivity index (χ3v) is 4.26. The molecule has 0 bridgehead atoms. The highest BCUT2D eigenvalue weighted by molar-refractivity contribution is 6.33. The highest BCUT2D eigenvalue weighted by atomic mass is 35.5. The van der Waals surface area contributed by atoms with E-state index in [1.54, 1.807) is 18.2 Å². The van der Waals surface area contributed by atoms with Crippen molar-refractivity contribution in [2.75, 3.05) is 25.0 Å². The number of nitro benzene ring substituents is 1. The average Bonchev–Trinajstić information content (AvgIpc) is 2.39. The summed E-state index contributed by atoms with van der Waals surface area (Å²) in [5.74, 6) is 0. The molecule has 0 saturated carbocycles. The van der Waals surface area contributed by atoms with Crippen molar-refractivity contribution in [3.8, 4) is 0 Å². The molecule has 1 aliphatic heterocycles. The van der Waals surface area contributed by atoms with E-state index in [1.165, 1.54) is 0 Å². The minimum atomic E-state index is -0.399. The van der Waals surface area contributed by atoms with Gasteiger partial charge in [0.25, 0.3) is 0 Å². The first kappa shape index (κ1) is 14.1. The summed E-state index contributed by atoms with van der Waals surface area (Å²) >= 11 is 5.95. The maximum atomic E-state index is 11.2. The zero-order valence-corrected chi connectivity index (χ0v) is 11.9. The van der Waals surface area contributed by atoms with Gasteiger partial charge < -0.3 is 10.2 Å². The van der Waals surface area contributed by atoms with Crippen molar-refractivity contribution in [3.05, 3.63) is 33.3 Å². The number of rotatable bonds is 3. The molecular formula is C13H18ClN3O2. The molecule has 1 aliphatic rings. The summed E-state index contributed by atoms with van der Waals surface area (Å²) in [5, 5.41) is 14.7. The van der Waals surface area contributed by atoms with Gasteiger partial charge in [-0.05, 0) is 38.9 Å². The van der Waals surface area contributed by atoms with E-state index in [4.69, 9.17) is 11.6 Å². The summed E-state index contributed by atoms with van der Waals surface area (Å²) in [5.41, 5.74) is 0.747. The Kier molecular flexibility index (Phi) is 3.96. The van der Waals surface area contributed by atoms with Crippen LogP contribution in [0.5, 0.6) is 0 Å². The monoisotopic (exact) mass is 283 g/mol. The molecule has 2 rings (SSSR count). The molecule has 0 atom stereocenters. The van der Waals surface area contributed by atoms with Crippen molar-refractivity contribution in [1.82, 2.24) is 5.32 Å². The van der Waals surface area contributed by atoms with Crippen LogP contribution in [0, 0.1) is 10.1 Å². The molecule has 0 radical (unpaired) electrons. The van der Waals surface area contributed by atoms with Gasteiger partial charge in [-0.25, -0.2) is 0 Å². The number of nitrogens with zero attached hydrogens (tertiary/aromatic N) is 2. The second-order valence-corrected chi connectivity index (χ2v) is 5.57. The van der Waals surface area contributed by atoms with Gasteiger partial charge in [0.05, 0.1) is 4.92 Å². The number of halogens is 1. The summed E-state index contributed by atoms with van der Waals surface area (Å²) in [6, 6.07) is 5.09. The maximum absolute atomic E-state index is 11.2. The topological polar surface area (TPSA) is 58.4 Å². The van der Waals surface area contributed by atoms with Crippen LogP contribution in [0.1, 0.15) is 19.8 Å². The van der Waals surface area contributed by atoms with E-state index in [-0.39, 0.29) is 16.2 Å². The number of piperidine rings is 1. The van der Waals surface area contributed by atoms with E-state index in [1.807, 2.05) is 11.9 Å². The van der Waals surface area contributed by atoms with Crippen LogP contribution < -0.4 is 10.2 Å². The van der Waals surface area contributed by atoms with Crippen LogP contribution in [-0.4, -0.2) is 30.6 Å². The second-order valence-electron chi connectivity index (χ2n) is 5.16. The van der Waals surface area contributed by atoms with Crippen LogP contribution in [0.2, 0.25) is 5.02 Å². The van der Waals surface area contributed by atoms with Crippen LogP contribution in [0.25, 0.3) is 0 Å². The first-order valence-electron chi connectivity index (χ1n) is 6.33. The number of anilines is 1. The van der Waals surface area contributed by atoms with Crippen LogP contribution in [0.4, 0.5) is 11.4 Å². The van der Waals surface area contributed by atoms with Gasteiger partial charge in [-0.2, -0.15) is 0 Å². The Hall–Kier alpha value is -1.33. The number of para-hydroxylation sites is 1. The summed E-state index contributed by atoms with van der Waals surface area (Å²) in [6.45, 7) is 3.76. The van der Waals surface area contributed by atoms with Crippen LogP contribution in [-0.2, 0) is 0 Å². The van der Waals surface area contributed by atoms with Gasteiger partial charge in [-0.1, -0.05) is 17.7 Å². The van der Waals surface area contributed by atoms with Gasteiger partial charge in [0.2, 0.25) is 0 Å². The highest BCUT2D eigenvalue weighted by Crippen LogP contribution is 2.37. The minimum Gasteiger partial charge on any atom is -0.366 e. The van der Waals surface area contributed by atoms with E-state index in [9.17, 15) is 10.1 Å². The number of hydrogen-bond donors (Lipinski definition) is 1. The summed E-state index contributed by atoms with van der Waals surface area (Å²) in [4.78, 5) is 12.8. The Balaban J connectivity index is 2.25. The van der Waals surface area contributed by atoms with Crippen molar-refractivity contribution in [2.45, 2.75) is 25.3 Å². The van der Waals surface area contributed by atoms with Gasteiger partial charge in [0.1, 0.15) is 10.7 Å². The molecule has 0 unspecified atom stereocenters. The lowest BCUT2D eigenvalue weighted by Crippen LogP contribution is -2.50. The van der Waals surface area contributed by atoms with Gasteiger partial charge in [-0.3, -0.25) is 10.1 Å².